The minimum absolute atomic E-state index is 0. The van der Waals surface area contributed by atoms with Crippen LogP contribution in [-0.4, -0.2) is 43.2 Å². The Balaban J connectivity index is 0.00000169. The molecule has 0 amide bonds. The molecule has 0 bridgehead atoms. The zero-order valence-corrected chi connectivity index (χ0v) is 19.1. The Labute approximate surface area is 191 Å². The number of rotatable bonds is 5. The molecule has 2 aromatic rings. The van der Waals surface area contributed by atoms with E-state index in [9.17, 15) is 23.8 Å². The Hall–Kier alpha value is 0.0900. The van der Waals surface area contributed by atoms with Crippen molar-refractivity contribution in [3.05, 3.63) is 24.6 Å². The fraction of sp³-hybridized carbons (Fsp3) is 0.417. The summed E-state index contributed by atoms with van der Waals surface area (Å²) in [6.07, 6.45) is 2.40. The molecule has 0 radical (unpaired) electrons. The second-order valence-corrected chi connectivity index (χ2v) is 6.89. The third kappa shape index (κ3) is 4.73. The maximum atomic E-state index is 14.3. The minimum atomic E-state index is -5.01. The molecule has 2 heterocycles. The molecule has 10 nitrogen and oxygen atoms in total. The van der Waals surface area contributed by atoms with Gasteiger partial charge in [-0.3, -0.25) is 0 Å². The van der Waals surface area contributed by atoms with Gasteiger partial charge in [0.15, 0.2) is 11.5 Å². The van der Waals surface area contributed by atoms with Crippen LogP contribution in [0.15, 0.2) is 24.6 Å². The summed E-state index contributed by atoms with van der Waals surface area (Å²) in [5, 5.41) is 9.49. The number of fused-ring (bicyclic) bond motifs is 1. The first-order valence-corrected chi connectivity index (χ1v) is 8.55. The van der Waals surface area contributed by atoms with Crippen molar-refractivity contribution in [1.82, 2.24) is 19.5 Å². The molecule has 0 fully saturated rings. The van der Waals surface area contributed by atoms with Crippen LogP contribution in [0.1, 0.15) is 12.5 Å². The van der Waals surface area contributed by atoms with E-state index in [2.05, 4.69) is 15.0 Å². The van der Waals surface area contributed by atoms with Crippen LogP contribution in [0.3, 0.4) is 0 Å². The summed E-state index contributed by atoms with van der Waals surface area (Å²) in [6.45, 7) is -0.824. The molecule has 0 spiro atoms. The Morgan fingerprint density at radius 2 is 2.12 bits per heavy atom. The molecule has 2 unspecified atom stereocenters. The number of halogens is 1. The second kappa shape index (κ2) is 9.06. The van der Waals surface area contributed by atoms with E-state index >= 15 is 0 Å². The Kier molecular flexibility index (Phi) is 8.41. The zero-order valence-electron chi connectivity index (χ0n) is 14.2. The van der Waals surface area contributed by atoms with Gasteiger partial charge in [0.1, 0.15) is 23.3 Å². The summed E-state index contributed by atoms with van der Waals surface area (Å²) >= 11 is 0. The minimum Gasteiger partial charge on any atom is -0.809 e. The molecular formula is C12H13FN5Na2O5P. The number of aromatic nitrogens is 4. The number of ether oxygens (including phenoxy) is 1. The van der Waals surface area contributed by atoms with Crippen LogP contribution >= 0.6 is 7.60 Å². The van der Waals surface area contributed by atoms with Gasteiger partial charge >= 0.3 is 59.1 Å². The van der Waals surface area contributed by atoms with Crippen molar-refractivity contribution in [2.75, 3.05) is 18.7 Å². The summed E-state index contributed by atoms with van der Waals surface area (Å²) < 4.78 is 31.5. The molecule has 2 aromatic heterocycles. The smallest absolute Gasteiger partial charge is 0.809 e. The first-order chi connectivity index (χ1) is 11.3. The van der Waals surface area contributed by atoms with Gasteiger partial charge in [-0.2, -0.15) is 0 Å². The van der Waals surface area contributed by atoms with Crippen molar-refractivity contribution in [2.45, 2.75) is 18.1 Å². The molecule has 130 valence electrons. The maximum Gasteiger partial charge on any atom is 1.00 e. The summed E-state index contributed by atoms with van der Waals surface area (Å²) in [6, 6.07) is -0.658. The fourth-order valence-electron chi connectivity index (χ4n) is 2.62. The molecule has 0 saturated carbocycles. The van der Waals surface area contributed by atoms with Gasteiger partial charge < -0.3 is 34.5 Å². The largest absolute Gasteiger partial charge is 1.00 e. The number of nitrogens with two attached hydrogens (primary N) is 1. The molecule has 26 heavy (non-hydrogen) atoms. The van der Waals surface area contributed by atoms with Crippen LogP contribution in [0.4, 0.5) is 10.2 Å². The quantitative estimate of drug-likeness (QED) is 0.365. The van der Waals surface area contributed by atoms with E-state index < -0.39 is 38.0 Å². The van der Waals surface area contributed by atoms with Gasteiger partial charge in [-0.15, -0.1) is 0 Å². The Bertz CT molecular complexity index is 862. The number of hydrogen-bond donors (Lipinski definition) is 2. The number of aliphatic hydroxyl groups excluding tert-OH is 1. The van der Waals surface area contributed by atoms with E-state index in [1.165, 1.54) is 17.2 Å². The number of nitrogens with zero attached hydrogens (tertiary/aromatic N) is 4. The average molecular weight is 403 g/mol. The normalized spacial score (nSPS) is 22.6. The number of anilines is 1. The van der Waals surface area contributed by atoms with Crippen LogP contribution in [0.25, 0.3) is 11.2 Å². The van der Waals surface area contributed by atoms with E-state index in [1.54, 1.807) is 0 Å². The fourth-order valence-corrected chi connectivity index (χ4v) is 3.03. The van der Waals surface area contributed by atoms with Gasteiger partial charge in [-0.05, 0) is 13.7 Å². The first-order valence-electron chi connectivity index (χ1n) is 6.82. The van der Waals surface area contributed by atoms with Crippen molar-refractivity contribution < 1.29 is 87.7 Å². The third-order valence-corrected chi connectivity index (χ3v) is 4.26. The van der Waals surface area contributed by atoms with E-state index in [0.29, 0.717) is 11.2 Å². The zero-order chi connectivity index (χ0) is 17.5. The van der Waals surface area contributed by atoms with E-state index in [4.69, 9.17) is 10.5 Å². The molecule has 1 aliphatic carbocycles. The SMILES string of the molecule is Nc1ncnc2c1ncn2C1C=C(F)C(CO)(OCP(=O)([O-])[O-])C1.[Na+].[Na+]. The molecule has 0 aliphatic heterocycles. The van der Waals surface area contributed by atoms with Crippen molar-refractivity contribution >= 4 is 24.6 Å². The van der Waals surface area contributed by atoms with E-state index in [-0.39, 0.29) is 71.4 Å². The molecule has 0 saturated heterocycles. The second-order valence-electron chi connectivity index (χ2n) is 5.41. The number of aliphatic hydroxyl groups is 1. The molecule has 0 aromatic carbocycles. The van der Waals surface area contributed by atoms with Crippen LogP contribution in [0, 0.1) is 0 Å². The summed E-state index contributed by atoms with van der Waals surface area (Å²) in [4.78, 5) is 33.4. The number of nitrogen functional groups attached to an aromatic ring is 1. The van der Waals surface area contributed by atoms with Crippen molar-refractivity contribution in [1.29, 1.82) is 0 Å². The molecule has 2 atom stereocenters. The molecule has 3 rings (SSSR count). The number of imidazole rings is 1. The summed E-state index contributed by atoms with van der Waals surface area (Å²) in [7, 11) is -5.01. The van der Waals surface area contributed by atoms with Gasteiger partial charge in [-0.1, -0.05) is 0 Å². The predicted octanol–water partition coefficient (Wildman–Crippen LogP) is -7.17. The number of allylic oxidation sites excluding steroid dienone is 1. The van der Waals surface area contributed by atoms with Crippen LogP contribution in [-0.2, 0) is 9.30 Å². The van der Waals surface area contributed by atoms with Crippen LogP contribution in [0.2, 0.25) is 0 Å². The summed E-state index contributed by atoms with van der Waals surface area (Å²) in [5.41, 5.74) is 4.47. The molecule has 1 aliphatic rings. The van der Waals surface area contributed by atoms with Crippen LogP contribution < -0.4 is 74.6 Å². The van der Waals surface area contributed by atoms with E-state index in [1.807, 2.05) is 0 Å². The third-order valence-electron chi connectivity index (χ3n) is 3.81. The summed E-state index contributed by atoms with van der Waals surface area (Å²) in [5.74, 6) is -0.711. The topological polar surface area (TPSA) is 162 Å². The monoisotopic (exact) mass is 403 g/mol. The van der Waals surface area contributed by atoms with Gasteiger partial charge in [0.05, 0.1) is 25.3 Å². The average Bonchev–Trinajstić information content (AvgIpc) is 3.07. The molecule has 14 heteroatoms. The molecular weight excluding hydrogens is 390 g/mol. The van der Waals surface area contributed by atoms with Crippen molar-refractivity contribution in [3.63, 3.8) is 0 Å². The van der Waals surface area contributed by atoms with Gasteiger partial charge in [0.25, 0.3) is 0 Å². The maximum absolute atomic E-state index is 14.3. The Morgan fingerprint density at radius 1 is 1.42 bits per heavy atom. The predicted molar refractivity (Wildman–Crippen MR) is 76.0 cm³/mol. The van der Waals surface area contributed by atoms with Crippen LogP contribution in [0.5, 0.6) is 0 Å². The van der Waals surface area contributed by atoms with Gasteiger partial charge in [-0.25, -0.2) is 19.3 Å². The van der Waals surface area contributed by atoms with Gasteiger partial charge in [0.2, 0.25) is 0 Å². The van der Waals surface area contributed by atoms with Crippen molar-refractivity contribution in [3.8, 4) is 0 Å². The van der Waals surface area contributed by atoms with Gasteiger partial charge in [0, 0.05) is 6.42 Å². The van der Waals surface area contributed by atoms with E-state index in [0.717, 1.165) is 6.08 Å². The van der Waals surface area contributed by atoms with Crippen molar-refractivity contribution in [2.24, 2.45) is 0 Å². The standard InChI is InChI=1S/C12H15FN5O5P.2Na/c13-8-1-7(2-12(8,3-19)23-6-24(20,21)22)18-5-17-9-10(14)15-4-16-11(9)18;;/h1,4-5,7,19H,2-3,6H2,(H2,14,15,16)(H2,20,21,22);;/q;2*+1/p-2. The number of hydrogen-bond acceptors (Lipinski definition) is 9. The Morgan fingerprint density at radius 3 is 2.73 bits per heavy atom. The molecule has 3 N–H and O–H groups in total. The first kappa shape index (κ1) is 24.1.